The summed E-state index contributed by atoms with van der Waals surface area (Å²) in [6.45, 7) is 1.85. The first-order valence-corrected chi connectivity index (χ1v) is 3.50. The molecular weight excluding hydrogens is 156 g/mol. The molecular formula is C7H8N4O. The van der Waals surface area contributed by atoms with E-state index < -0.39 is 0 Å². The Labute approximate surface area is 68.6 Å². The van der Waals surface area contributed by atoms with E-state index in [0.29, 0.717) is 11.7 Å². The van der Waals surface area contributed by atoms with E-state index in [1.54, 1.807) is 6.20 Å². The third kappa shape index (κ3) is 1.05. The topological polar surface area (TPSA) is 80.7 Å². The van der Waals surface area contributed by atoms with Gasteiger partial charge in [0.15, 0.2) is 11.7 Å². The number of aromatic nitrogens is 3. The van der Waals surface area contributed by atoms with Crippen LogP contribution in [-0.4, -0.2) is 15.1 Å². The zero-order valence-corrected chi connectivity index (χ0v) is 6.53. The number of nitrogen functional groups attached to an aromatic ring is 1. The molecule has 0 radical (unpaired) electrons. The molecule has 0 aliphatic heterocycles. The summed E-state index contributed by atoms with van der Waals surface area (Å²) in [7, 11) is 0. The number of H-pyrrole nitrogens is 1. The van der Waals surface area contributed by atoms with E-state index in [2.05, 4.69) is 15.1 Å². The summed E-state index contributed by atoms with van der Waals surface area (Å²) in [5, 5.41) is 3.74. The zero-order chi connectivity index (χ0) is 8.55. The Morgan fingerprint density at radius 1 is 1.58 bits per heavy atom. The third-order valence-electron chi connectivity index (χ3n) is 1.49. The van der Waals surface area contributed by atoms with Crippen molar-refractivity contribution in [2.75, 3.05) is 5.73 Å². The number of imidazole rings is 1. The minimum Gasteiger partial charge on any atom is -0.369 e. The van der Waals surface area contributed by atoms with E-state index in [1.807, 2.05) is 13.0 Å². The number of anilines is 1. The number of aromatic amines is 1. The van der Waals surface area contributed by atoms with Crippen LogP contribution in [0.25, 0.3) is 11.5 Å². The van der Waals surface area contributed by atoms with Crippen LogP contribution in [0.15, 0.2) is 16.8 Å². The Morgan fingerprint density at radius 3 is 2.92 bits per heavy atom. The molecule has 2 rings (SSSR count). The predicted molar refractivity (Wildman–Crippen MR) is 43.2 cm³/mol. The van der Waals surface area contributed by atoms with Crippen molar-refractivity contribution in [2.24, 2.45) is 0 Å². The van der Waals surface area contributed by atoms with Gasteiger partial charge in [-0.3, -0.25) is 0 Å². The highest BCUT2D eigenvalue weighted by atomic mass is 16.5. The molecule has 3 N–H and O–H groups in total. The molecule has 0 fully saturated rings. The Balaban J connectivity index is 2.43. The van der Waals surface area contributed by atoms with Gasteiger partial charge in [0.25, 0.3) is 0 Å². The van der Waals surface area contributed by atoms with Crippen LogP contribution in [-0.2, 0) is 0 Å². The molecule has 2 aromatic rings. The van der Waals surface area contributed by atoms with Crippen molar-refractivity contribution in [2.45, 2.75) is 6.92 Å². The first-order chi connectivity index (χ1) is 5.75. The van der Waals surface area contributed by atoms with Crippen molar-refractivity contribution < 1.29 is 4.52 Å². The lowest BCUT2D eigenvalue weighted by Gasteiger charge is -1.84. The lowest BCUT2D eigenvalue weighted by molar-refractivity contribution is 0.426. The second-order valence-corrected chi connectivity index (χ2v) is 2.51. The van der Waals surface area contributed by atoms with Gasteiger partial charge in [0, 0.05) is 6.07 Å². The molecule has 0 saturated carbocycles. The number of nitrogens with two attached hydrogens (primary N) is 1. The second-order valence-electron chi connectivity index (χ2n) is 2.51. The molecule has 0 bridgehead atoms. The normalized spacial score (nSPS) is 10.4. The largest absolute Gasteiger partial charge is 0.369 e. The van der Waals surface area contributed by atoms with Crippen molar-refractivity contribution in [1.29, 1.82) is 0 Å². The molecule has 0 aromatic carbocycles. The quantitative estimate of drug-likeness (QED) is 0.657. The van der Waals surface area contributed by atoms with Crippen LogP contribution < -0.4 is 5.73 Å². The van der Waals surface area contributed by atoms with Crippen molar-refractivity contribution in [1.82, 2.24) is 15.1 Å². The number of hydrogen-bond acceptors (Lipinski definition) is 4. The highest BCUT2D eigenvalue weighted by Gasteiger charge is 2.05. The molecule has 0 aliphatic carbocycles. The fraction of sp³-hybridized carbons (Fsp3) is 0.143. The number of nitrogens with zero attached hydrogens (tertiary/aromatic N) is 2. The van der Waals surface area contributed by atoms with Crippen LogP contribution in [0.4, 0.5) is 5.95 Å². The van der Waals surface area contributed by atoms with Gasteiger partial charge in [-0.05, 0) is 6.92 Å². The molecule has 12 heavy (non-hydrogen) atoms. The summed E-state index contributed by atoms with van der Waals surface area (Å²) in [6, 6.07) is 1.81. The van der Waals surface area contributed by atoms with Gasteiger partial charge in [0.1, 0.15) is 5.69 Å². The maximum Gasteiger partial charge on any atom is 0.197 e. The molecule has 62 valence electrons. The van der Waals surface area contributed by atoms with Gasteiger partial charge in [0.2, 0.25) is 0 Å². The molecule has 2 aromatic heterocycles. The molecule has 2 heterocycles. The summed E-state index contributed by atoms with van der Waals surface area (Å²) in [4.78, 5) is 6.68. The maximum absolute atomic E-state index is 5.39. The third-order valence-corrected chi connectivity index (χ3v) is 1.49. The monoisotopic (exact) mass is 164 g/mol. The van der Waals surface area contributed by atoms with Crippen LogP contribution in [0.2, 0.25) is 0 Å². The van der Waals surface area contributed by atoms with Gasteiger partial charge < -0.3 is 15.2 Å². The van der Waals surface area contributed by atoms with Gasteiger partial charge in [-0.25, -0.2) is 4.98 Å². The number of nitrogens with one attached hydrogen (secondary N) is 1. The van der Waals surface area contributed by atoms with Gasteiger partial charge in [0.05, 0.1) is 11.9 Å². The van der Waals surface area contributed by atoms with Crippen LogP contribution in [0.1, 0.15) is 5.69 Å². The smallest absolute Gasteiger partial charge is 0.197 e. The van der Waals surface area contributed by atoms with E-state index >= 15 is 0 Å². The predicted octanol–water partition coefficient (Wildman–Crippen LogP) is 0.955. The van der Waals surface area contributed by atoms with Crippen molar-refractivity contribution in [3.63, 3.8) is 0 Å². The van der Waals surface area contributed by atoms with Crippen LogP contribution in [0.5, 0.6) is 0 Å². The second kappa shape index (κ2) is 2.37. The van der Waals surface area contributed by atoms with E-state index in [9.17, 15) is 0 Å². The SMILES string of the molecule is Cc1cc(-c2cnc(N)[nH]2)on1. The number of rotatable bonds is 1. The molecule has 0 aliphatic rings. The first kappa shape index (κ1) is 6.90. The molecule has 5 nitrogen and oxygen atoms in total. The summed E-state index contributed by atoms with van der Waals surface area (Å²) in [5.74, 6) is 1.02. The van der Waals surface area contributed by atoms with Gasteiger partial charge in [-0.15, -0.1) is 0 Å². The number of aryl methyl sites for hydroxylation is 1. The van der Waals surface area contributed by atoms with Crippen LogP contribution in [0, 0.1) is 6.92 Å². The molecule has 0 saturated heterocycles. The summed E-state index contributed by atoms with van der Waals surface area (Å²) in [6.07, 6.45) is 1.61. The molecule has 0 unspecified atom stereocenters. The highest BCUT2D eigenvalue weighted by molar-refractivity contribution is 5.52. The maximum atomic E-state index is 5.39. The lowest BCUT2D eigenvalue weighted by atomic mass is 10.3. The van der Waals surface area contributed by atoms with Crippen molar-refractivity contribution >= 4 is 5.95 Å². The van der Waals surface area contributed by atoms with Crippen molar-refractivity contribution in [3.05, 3.63) is 18.0 Å². The standard InChI is InChI=1S/C7H8N4O/c1-4-2-6(12-11-4)5-3-9-7(8)10-5/h2-3H,1H3,(H3,8,9,10). The Kier molecular flexibility index (Phi) is 1.36. The molecule has 0 spiro atoms. The molecule has 0 atom stereocenters. The fourth-order valence-corrected chi connectivity index (χ4v) is 0.952. The summed E-state index contributed by atoms with van der Waals surface area (Å²) in [5.41, 5.74) is 6.97. The van der Waals surface area contributed by atoms with E-state index in [-0.39, 0.29) is 0 Å². The zero-order valence-electron chi connectivity index (χ0n) is 6.53. The molecule has 5 heteroatoms. The molecule has 0 amide bonds. The fourth-order valence-electron chi connectivity index (χ4n) is 0.952. The van der Waals surface area contributed by atoms with Crippen LogP contribution in [0.3, 0.4) is 0 Å². The van der Waals surface area contributed by atoms with Crippen LogP contribution >= 0.6 is 0 Å². The minimum atomic E-state index is 0.374. The summed E-state index contributed by atoms with van der Waals surface area (Å²) < 4.78 is 4.99. The van der Waals surface area contributed by atoms with Crippen molar-refractivity contribution in [3.8, 4) is 11.5 Å². The van der Waals surface area contributed by atoms with E-state index in [1.165, 1.54) is 0 Å². The average Bonchev–Trinajstić information content (AvgIpc) is 2.58. The average molecular weight is 164 g/mol. The number of hydrogen-bond donors (Lipinski definition) is 2. The Morgan fingerprint density at radius 2 is 2.42 bits per heavy atom. The van der Waals surface area contributed by atoms with Gasteiger partial charge in [-0.1, -0.05) is 5.16 Å². The van der Waals surface area contributed by atoms with Gasteiger partial charge >= 0.3 is 0 Å². The Bertz CT molecular complexity index is 351. The minimum absolute atomic E-state index is 0.374. The van der Waals surface area contributed by atoms with E-state index in [4.69, 9.17) is 10.3 Å². The van der Waals surface area contributed by atoms with Gasteiger partial charge in [-0.2, -0.15) is 0 Å². The summed E-state index contributed by atoms with van der Waals surface area (Å²) >= 11 is 0. The first-order valence-electron chi connectivity index (χ1n) is 3.50. The van der Waals surface area contributed by atoms with E-state index in [0.717, 1.165) is 11.4 Å². The Hall–Kier alpha value is -1.78. The highest BCUT2D eigenvalue weighted by Crippen LogP contribution is 2.17. The lowest BCUT2D eigenvalue weighted by Crippen LogP contribution is -1.84.